The first-order valence-electron chi connectivity index (χ1n) is 7.31. The van der Waals surface area contributed by atoms with Crippen molar-refractivity contribution in [3.8, 4) is 0 Å². The van der Waals surface area contributed by atoms with E-state index in [2.05, 4.69) is 0 Å². The van der Waals surface area contributed by atoms with E-state index in [1.165, 1.54) is 18.9 Å². The maximum Gasteiger partial charge on any atom is 0.328 e. The maximum atomic E-state index is 12.4. The van der Waals surface area contributed by atoms with Gasteiger partial charge in [-0.3, -0.25) is 4.79 Å². The van der Waals surface area contributed by atoms with Gasteiger partial charge in [0.05, 0.1) is 12.9 Å². The largest absolute Gasteiger partial charge is 0.467 e. The van der Waals surface area contributed by atoms with E-state index >= 15 is 0 Å². The number of carbonyl (C=O) groups is 2. The Morgan fingerprint density at radius 3 is 2.95 bits per heavy atom. The average Bonchev–Trinajstić information content (AvgIpc) is 2.54. The molecular formula is C16H20ClNO3S. The van der Waals surface area contributed by atoms with Crippen molar-refractivity contribution in [2.24, 2.45) is 0 Å². The summed E-state index contributed by atoms with van der Waals surface area (Å²) < 4.78 is 4.80. The van der Waals surface area contributed by atoms with Crippen LogP contribution in [0.1, 0.15) is 24.8 Å². The van der Waals surface area contributed by atoms with E-state index in [9.17, 15) is 9.59 Å². The van der Waals surface area contributed by atoms with Crippen molar-refractivity contribution in [2.45, 2.75) is 31.1 Å². The Morgan fingerprint density at radius 2 is 2.23 bits per heavy atom. The molecule has 120 valence electrons. The lowest BCUT2D eigenvalue weighted by Crippen LogP contribution is -2.49. The van der Waals surface area contributed by atoms with Crippen molar-refractivity contribution >= 4 is 35.2 Å². The molecule has 0 aromatic heterocycles. The Bertz CT molecular complexity index is 538. The van der Waals surface area contributed by atoms with Gasteiger partial charge in [-0.2, -0.15) is 0 Å². The molecule has 1 aromatic carbocycles. The second-order valence-electron chi connectivity index (χ2n) is 5.24. The minimum Gasteiger partial charge on any atom is -0.467 e. The molecular weight excluding hydrogens is 322 g/mol. The molecule has 1 heterocycles. The SMILES string of the molecule is COC(=O)C1CCCCN1C(=O)CSCc1cccc(Cl)c1. The molecule has 0 spiro atoms. The predicted octanol–water partition coefficient (Wildman–Crippen LogP) is 3.13. The quantitative estimate of drug-likeness (QED) is 0.772. The van der Waals surface area contributed by atoms with Gasteiger partial charge in [0.1, 0.15) is 6.04 Å². The van der Waals surface area contributed by atoms with E-state index in [1.54, 1.807) is 4.90 Å². The zero-order valence-corrected chi connectivity index (χ0v) is 14.2. The van der Waals surface area contributed by atoms with E-state index in [-0.39, 0.29) is 11.9 Å². The summed E-state index contributed by atoms with van der Waals surface area (Å²) >= 11 is 7.48. The summed E-state index contributed by atoms with van der Waals surface area (Å²) in [5.41, 5.74) is 1.09. The van der Waals surface area contributed by atoms with Crippen LogP contribution in [0.15, 0.2) is 24.3 Å². The van der Waals surface area contributed by atoms with E-state index in [0.29, 0.717) is 23.7 Å². The van der Waals surface area contributed by atoms with Gasteiger partial charge in [-0.25, -0.2) is 4.79 Å². The third-order valence-electron chi connectivity index (χ3n) is 3.68. The minimum absolute atomic E-state index is 0.00197. The van der Waals surface area contributed by atoms with Crippen LogP contribution in [-0.2, 0) is 20.1 Å². The summed E-state index contributed by atoms with van der Waals surface area (Å²) in [5, 5.41) is 0.700. The predicted molar refractivity (Wildman–Crippen MR) is 89.0 cm³/mol. The number of amides is 1. The van der Waals surface area contributed by atoms with Crippen molar-refractivity contribution < 1.29 is 14.3 Å². The van der Waals surface area contributed by atoms with Crippen LogP contribution < -0.4 is 0 Å². The normalized spacial score (nSPS) is 18.1. The van der Waals surface area contributed by atoms with E-state index in [1.807, 2.05) is 24.3 Å². The first-order valence-corrected chi connectivity index (χ1v) is 8.84. The molecule has 1 aromatic rings. The number of esters is 1. The van der Waals surface area contributed by atoms with Crippen LogP contribution >= 0.6 is 23.4 Å². The number of piperidine rings is 1. The van der Waals surface area contributed by atoms with Gasteiger partial charge in [0, 0.05) is 17.3 Å². The molecule has 0 aliphatic carbocycles. The van der Waals surface area contributed by atoms with Crippen LogP contribution in [0.3, 0.4) is 0 Å². The fraction of sp³-hybridized carbons (Fsp3) is 0.500. The van der Waals surface area contributed by atoms with Crippen molar-refractivity contribution in [3.63, 3.8) is 0 Å². The van der Waals surface area contributed by atoms with Crippen molar-refractivity contribution in [1.29, 1.82) is 0 Å². The molecule has 1 aliphatic rings. The first-order chi connectivity index (χ1) is 10.6. The number of hydrogen-bond acceptors (Lipinski definition) is 4. The van der Waals surface area contributed by atoms with Crippen LogP contribution in [0.2, 0.25) is 5.02 Å². The second-order valence-corrected chi connectivity index (χ2v) is 6.67. The molecule has 0 radical (unpaired) electrons. The van der Waals surface area contributed by atoms with Crippen molar-refractivity contribution in [1.82, 2.24) is 4.90 Å². The Morgan fingerprint density at radius 1 is 1.41 bits per heavy atom. The second kappa shape index (κ2) is 8.44. The third-order valence-corrected chi connectivity index (χ3v) is 4.90. The maximum absolute atomic E-state index is 12.4. The number of hydrogen-bond donors (Lipinski definition) is 0. The smallest absolute Gasteiger partial charge is 0.328 e. The molecule has 0 N–H and O–H groups in total. The van der Waals surface area contributed by atoms with Gasteiger partial charge in [0.2, 0.25) is 5.91 Å². The molecule has 2 rings (SSSR count). The number of methoxy groups -OCH3 is 1. The zero-order valence-electron chi connectivity index (χ0n) is 12.6. The van der Waals surface area contributed by atoms with Gasteiger partial charge in [-0.1, -0.05) is 23.7 Å². The number of benzene rings is 1. The van der Waals surface area contributed by atoms with Gasteiger partial charge >= 0.3 is 5.97 Å². The summed E-state index contributed by atoms with van der Waals surface area (Å²) in [6, 6.07) is 7.20. The molecule has 22 heavy (non-hydrogen) atoms. The van der Waals surface area contributed by atoms with Crippen LogP contribution in [0, 0.1) is 0 Å². The monoisotopic (exact) mass is 341 g/mol. The number of ether oxygens (including phenoxy) is 1. The lowest BCUT2D eigenvalue weighted by atomic mass is 10.0. The van der Waals surface area contributed by atoms with E-state index < -0.39 is 6.04 Å². The van der Waals surface area contributed by atoms with Crippen LogP contribution in [0.4, 0.5) is 0 Å². The van der Waals surface area contributed by atoms with Gasteiger partial charge in [-0.05, 0) is 37.0 Å². The molecule has 1 aliphatic heterocycles. The van der Waals surface area contributed by atoms with Crippen LogP contribution in [-0.4, -0.2) is 42.2 Å². The van der Waals surface area contributed by atoms with Crippen molar-refractivity contribution in [2.75, 3.05) is 19.4 Å². The van der Waals surface area contributed by atoms with Gasteiger partial charge in [-0.15, -0.1) is 11.8 Å². The Kier molecular flexibility index (Phi) is 6.58. The Labute approximate surface area is 140 Å². The highest BCUT2D eigenvalue weighted by molar-refractivity contribution is 7.99. The van der Waals surface area contributed by atoms with Gasteiger partial charge < -0.3 is 9.64 Å². The van der Waals surface area contributed by atoms with Crippen molar-refractivity contribution in [3.05, 3.63) is 34.9 Å². The summed E-state index contributed by atoms with van der Waals surface area (Å²) in [7, 11) is 1.37. The fourth-order valence-electron chi connectivity index (χ4n) is 2.58. The third kappa shape index (κ3) is 4.65. The van der Waals surface area contributed by atoms with E-state index in [0.717, 1.165) is 24.2 Å². The standard InChI is InChI=1S/C16H20ClNO3S/c1-21-16(20)14-7-2-3-8-18(14)15(19)11-22-10-12-5-4-6-13(17)9-12/h4-6,9,14H,2-3,7-8,10-11H2,1H3. The highest BCUT2D eigenvalue weighted by Crippen LogP contribution is 2.21. The van der Waals surface area contributed by atoms with Gasteiger partial charge in [0.25, 0.3) is 0 Å². The summed E-state index contributed by atoms with van der Waals surface area (Å²) in [5.74, 6) is 0.776. The topological polar surface area (TPSA) is 46.6 Å². The molecule has 1 unspecified atom stereocenters. The van der Waals surface area contributed by atoms with Crippen LogP contribution in [0.5, 0.6) is 0 Å². The minimum atomic E-state index is -0.419. The van der Waals surface area contributed by atoms with Crippen LogP contribution in [0.25, 0.3) is 0 Å². The number of nitrogens with zero attached hydrogens (tertiary/aromatic N) is 1. The summed E-state index contributed by atoms with van der Waals surface area (Å²) in [6.07, 6.45) is 2.59. The number of rotatable bonds is 5. The zero-order chi connectivity index (χ0) is 15.9. The Balaban J connectivity index is 1.86. The number of likely N-dealkylation sites (tertiary alicyclic amines) is 1. The molecule has 1 atom stereocenters. The molecule has 4 nitrogen and oxygen atoms in total. The summed E-state index contributed by atoms with van der Waals surface area (Å²) in [4.78, 5) is 25.8. The number of carbonyl (C=O) groups excluding carboxylic acids is 2. The molecule has 1 amide bonds. The highest BCUT2D eigenvalue weighted by atomic mass is 35.5. The van der Waals surface area contributed by atoms with E-state index in [4.69, 9.17) is 16.3 Å². The molecule has 0 saturated carbocycles. The molecule has 0 bridgehead atoms. The average molecular weight is 342 g/mol. The van der Waals surface area contributed by atoms with Gasteiger partial charge in [0.15, 0.2) is 0 Å². The molecule has 1 fully saturated rings. The lowest BCUT2D eigenvalue weighted by molar-refractivity contribution is -0.153. The summed E-state index contributed by atoms with van der Waals surface area (Å²) in [6.45, 7) is 0.635. The molecule has 1 saturated heterocycles. The number of thioether (sulfide) groups is 1. The lowest BCUT2D eigenvalue weighted by Gasteiger charge is -2.33. The Hall–Kier alpha value is -1.20. The molecule has 6 heteroatoms. The highest BCUT2D eigenvalue weighted by Gasteiger charge is 2.32. The number of halogens is 1. The fourth-order valence-corrected chi connectivity index (χ4v) is 3.65. The first kappa shape index (κ1) is 17.2.